The summed E-state index contributed by atoms with van der Waals surface area (Å²) < 4.78 is 16.0. The lowest BCUT2D eigenvalue weighted by Crippen LogP contribution is -2.12. The van der Waals surface area contributed by atoms with Crippen molar-refractivity contribution in [2.75, 3.05) is 13.7 Å². The quantitative estimate of drug-likeness (QED) is 0.516. The van der Waals surface area contributed by atoms with Gasteiger partial charge in [0.05, 0.1) is 31.0 Å². The molecule has 0 aliphatic carbocycles. The maximum absolute atomic E-state index is 11.9. The second kappa shape index (κ2) is 6.60. The number of carbonyl (C=O) groups is 2. The zero-order valence-corrected chi connectivity index (χ0v) is 13.5. The molecule has 8 heteroatoms. The number of hydrogen-bond donors (Lipinski definition) is 0. The molecule has 2 aromatic heterocycles. The third-order valence-electron chi connectivity index (χ3n) is 3.51. The standard InChI is InChI=1S/C17H14N2O6/c1-3-24-16(21)13-8-19(25-17(13)22)15-11(9-20)6-10-4-5-12(23-2)7-14(10)18-15/h4-9H,3H2,1-2H3. The molecule has 0 amide bonds. The van der Waals surface area contributed by atoms with Crippen LogP contribution < -0.4 is 10.4 Å². The number of benzene rings is 1. The molecule has 8 nitrogen and oxygen atoms in total. The van der Waals surface area contributed by atoms with Gasteiger partial charge in [-0.3, -0.25) is 4.79 Å². The van der Waals surface area contributed by atoms with Gasteiger partial charge in [-0.1, -0.05) is 0 Å². The summed E-state index contributed by atoms with van der Waals surface area (Å²) in [5, 5.41) is 0.715. The third-order valence-corrected chi connectivity index (χ3v) is 3.51. The molecule has 1 aromatic carbocycles. The summed E-state index contributed by atoms with van der Waals surface area (Å²) in [5.74, 6) is -0.125. The molecule has 3 aromatic rings. The van der Waals surface area contributed by atoms with Gasteiger partial charge in [0, 0.05) is 11.5 Å². The molecule has 0 fully saturated rings. The highest BCUT2D eigenvalue weighted by molar-refractivity contribution is 5.91. The van der Waals surface area contributed by atoms with E-state index in [1.165, 1.54) is 7.11 Å². The van der Waals surface area contributed by atoms with Gasteiger partial charge in [0.1, 0.15) is 5.75 Å². The van der Waals surface area contributed by atoms with E-state index >= 15 is 0 Å². The lowest BCUT2D eigenvalue weighted by atomic mass is 10.1. The second-order valence-electron chi connectivity index (χ2n) is 5.05. The van der Waals surface area contributed by atoms with Gasteiger partial charge in [-0.05, 0) is 25.1 Å². The molecule has 0 atom stereocenters. The minimum absolute atomic E-state index is 0.0865. The molecular formula is C17H14N2O6. The van der Waals surface area contributed by atoms with Crippen molar-refractivity contribution >= 4 is 23.2 Å². The van der Waals surface area contributed by atoms with Gasteiger partial charge in [0.15, 0.2) is 17.7 Å². The second-order valence-corrected chi connectivity index (χ2v) is 5.05. The smallest absolute Gasteiger partial charge is 0.372 e. The number of rotatable bonds is 5. The molecule has 0 bridgehead atoms. The number of ether oxygens (including phenoxy) is 2. The molecule has 0 saturated carbocycles. The van der Waals surface area contributed by atoms with Crippen LogP contribution >= 0.6 is 0 Å². The number of aromatic nitrogens is 2. The van der Waals surface area contributed by atoms with Gasteiger partial charge >= 0.3 is 11.6 Å². The Labute approximate surface area is 141 Å². The predicted octanol–water partition coefficient (Wildman–Crippen LogP) is 1.98. The van der Waals surface area contributed by atoms with E-state index in [9.17, 15) is 14.4 Å². The summed E-state index contributed by atoms with van der Waals surface area (Å²) in [4.78, 5) is 39.4. The van der Waals surface area contributed by atoms with Crippen molar-refractivity contribution in [2.45, 2.75) is 6.92 Å². The Morgan fingerprint density at radius 2 is 2.16 bits per heavy atom. The van der Waals surface area contributed by atoms with Crippen molar-refractivity contribution in [1.82, 2.24) is 9.72 Å². The Morgan fingerprint density at radius 1 is 1.36 bits per heavy atom. The first-order valence-corrected chi connectivity index (χ1v) is 7.41. The molecule has 0 aliphatic heterocycles. The number of aldehydes is 1. The van der Waals surface area contributed by atoms with Crippen LogP contribution in [0.25, 0.3) is 16.7 Å². The molecule has 25 heavy (non-hydrogen) atoms. The fraction of sp³-hybridized carbons (Fsp3) is 0.176. The maximum Gasteiger partial charge on any atom is 0.372 e. The Balaban J connectivity index is 2.17. The molecular weight excluding hydrogens is 328 g/mol. The number of esters is 1. The average molecular weight is 342 g/mol. The minimum atomic E-state index is -0.872. The number of hydrogen-bond acceptors (Lipinski definition) is 7. The van der Waals surface area contributed by atoms with E-state index in [4.69, 9.17) is 14.0 Å². The first-order chi connectivity index (χ1) is 12.1. The molecule has 0 unspecified atom stereocenters. The largest absolute Gasteiger partial charge is 0.497 e. The summed E-state index contributed by atoms with van der Waals surface area (Å²) in [7, 11) is 1.53. The SMILES string of the molecule is CCOC(=O)c1cn(-c2nc3cc(OC)ccc3cc2C=O)oc1=O. The summed E-state index contributed by atoms with van der Waals surface area (Å²) >= 11 is 0. The fourth-order valence-electron chi connectivity index (χ4n) is 2.33. The van der Waals surface area contributed by atoms with Crippen molar-refractivity contribution in [3.05, 3.63) is 52.0 Å². The van der Waals surface area contributed by atoms with Crippen LogP contribution in [0.1, 0.15) is 27.6 Å². The van der Waals surface area contributed by atoms with E-state index in [0.717, 1.165) is 10.9 Å². The number of carbonyl (C=O) groups excluding carboxylic acids is 2. The number of nitrogens with zero attached hydrogens (tertiary/aromatic N) is 2. The zero-order chi connectivity index (χ0) is 18.0. The van der Waals surface area contributed by atoms with Crippen LogP contribution in [0, 0.1) is 0 Å². The van der Waals surface area contributed by atoms with Crippen LogP contribution in [0.2, 0.25) is 0 Å². The normalized spacial score (nSPS) is 10.6. The third kappa shape index (κ3) is 3.01. The summed E-state index contributed by atoms with van der Waals surface area (Å²) in [6.07, 6.45) is 1.75. The van der Waals surface area contributed by atoms with Gasteiger partial charge < -0.3 is 14.0 Å². The predicted molar refractivity (Wildman–Crippen MR) is 87.5 cm³/mol. The zero-order valence-electron chi connectivity index (χ0n) is 13.5. The number of methoxy groups -OCH3 is 1. The lowest BCUT2D eigenvalue weighted by molar-refractivity contribution is 0.0523. The van der Waals surface area contributed by atoms with Crippen LogP contribution in [0.3, 0.4) is 0 Å². The molecule has 3 rings (SSSR count). The highest BCUT2D eigenvalue weighted by Crippen LogP contribution is 2.23. The van der Waals surface area contributed by atoms with Crippen molar-refractivity contribution in [3.8, 4) is 11.6 Å². The number of fused-ring (bicyclic) bond motifs is 1. The van der Waals surface area contributed by atoms with E-state index in [2.05, 4.69) is 4.98 Å². The fourth-order valence-corrected chi connectivity index (χ4v) is 2.33. The van der Waals surface area contributed by atoms with Crippen LogP contribution in [0.15, 0.2) is 39.8 Å². The molecule has 0 radical (unpaired) electrons. The number of pyridine rings is 1. The van der Waals surface area contributed by atoms with Gasteiger partial charge in [-0.15, -0.1) is 0 Å². The highest BCUT2D eigenvalue weighted by Gasteiger charge is 2.19. The minimum Gasteiger partial charge on any atom is -0.497 e. The molecule has 2 heterocycles. The molecule has 128 valence electrons. The first-order valence-electron chi connectivity index (χ1n) is 7.41. The average Bonchev–Trinajstić information content (AvgIpc) is 3.01. The van der Waals surface area contributed by atoms with Crippen LogP contribution in [0.5, 0.6) is 5.75 Å². The Bertz CT molecular complexity index is 1020. The van der Waals surface area contributed by atoms with Crippen molar-refractivity contribution in [3.63, 3.8) is 0 Å². The molecule has 0 saturated heterocycles. The van der Waals surface area contributed by atoms with E-state index in [1.807, 2.05) is 0 Å². The van der Waals surface area contributed by atoms with Gasteiger partial charge in [-0.25, -0.2) is 14.6 Å². The van der Waals surface area contributed by atoms with E-state index < -0.39 is 11.6 Å². The lowest BCUT2D eigenvalue weighted by Gasteiger charge is -2.07. The topological polar surface area (TPSA) is 101 Å². The molecule has 0 aliphatic rings. The van der Waals surface area contributed by atoms with Gasteiger partial charge in [0.25, 0.3) is 0 Å². The van der Waals surface area contributed by atoms with Crippen molar-refractivity contribution < 1.29 is 23.6 Å². The van der Waals surface area contributed by atoms with E-state index in [-0.39, 0.29) is 23.6 Å². The van der Waals surface area contributed by atoms with Crippen molar-refractivity contribution in [1.29, 1.82) is 0 Å². The Hall–Kier alpha value is -3.42. The highest BCUT2D eigenvalue weighted by atomic mass is 16.5. The van der Waals surface area contributed by atoms with Crippen molar-refractivity contribution in [2.24, 2.45) is 0 Å². The first kappa shape index (κ1) is 16.4. The van der Waals surface area contributed by atoms with Crippen LogP contribution in [-0.4, -0.2) is 35.7 Å². The molecule has 0 spiro atoms. The Kier molecular flexibility index (Phi) is 4.34. The monoisotopic (exact) mass is 342 g/mol. The van der Waals surface area contributed by atoms with Crippen LogP contribution in [0.4, 0.5) is 0 Å². The van der Waals surface area contributed by atoms with Gasteiger partial charge in [-0.2, -0.15) is 4.74 Å². The summed E-state index contributed by atoms with van der Waals surface area (Å²) in [6.45, 7) is 1.75. The Morgan fingerprint density at radius 3 is 2.84 bits per heavy atom. The summed E-state index contributed by atoms with van der Waals surface area (Å²) in [5.41, 5.74) is -0.408. The van der Waals surface area contributed by atoms with E-state index in [1.54, 1.807) is 31.2 Å². The summed E-state index contributed by atoms with van der Waals surface area (Å²) in [6, 6.07) is 6.79. The van der Waals surface area contributed by atoms with Gasteiger partial charge in [0.2, 0.25) is 0 Å². The van der Waals surface area contributed by atoms with Crippen LogP contribution in [-0.2, 0) is 4.74 Å². The molecule has 0 N–H and O–H groups in total. The maximum atomic E-state index is 11.9. The van der Waals surface area contributed by atoms with E-state index in [0.29, 0.717) is 22.9 Å².